The van der Waals surface area contributed by atoms with Gasteiger partial charge >= 0.3 is 0 Å². The molecule has 1 rings (SSSR count). The number of thiazole rings is 1. The van der Waals surface area contributed by atoms with Gasteiger partial charge in [0.05, 0.1) is 12.4 Å². The van der Waals surface area contributed by atoms with Crippen molar-refractivity contribution in [3.8, 4) is 0 Å². The van der Waals surface area contributed by atoms with E-state index in [4.69, 9.17) is 5.11 Å². The Morgan fingerprint density at radius 1 is 1.52 bits per heavy atom. The molecule has 0 saturated heterocycles. The number of amides is 1. The summed E-state index contributed by atoms with van der Waals surface area (Å²) in [6, 6.07) is 0. The first-order valence-corrected chi connectivity index (χ1v) is 8.68. The fourth-order valence-electron chi connectivity index (χ4n) is 1.30. The van der Waals surface area contributed by atoms with E-state index in [0.717, 1.165) is 11.3 Å². The summed E-state index contributed by atoms with van der Waals surface area (Å²) < 4.78 is 25.7. The second-order valence-corrected chi connectivity index (χ2v) is 7.83. The first-order chi connectivity index (χ1) is 9.68. The summed E-state index contributed by atoms with van der Waals surface area (Å²) >= 11 is 1.14. The molecule has 120 valence electrons. The highest BCUT2D eigenvalue weighted by molar-refractivity contribution is 7.92. The number of rotatable bonds is 8. The zero-order valence-electron chi connectivity index (χ0n) is 11.7. The lowest BCUT2D eigenvalue weighted by molar-refractivity contribution is -0.136. The maximum Gasteiger partial charge on any atom is 0.249 e. The van der Waals surface area contributed by atoms with Crippen molar-refractivity contribution in [2.24, 2.45) is 5.41 Å². The van der Waals surface area contributed by atoms with Crippen molar-refractivity contribution in [1.29, 1.82) is 0 Å². The third kappa shape index (κ3) is 5.58. The molecule has 0 aliphatic heterocycles. The van der Waals surface area contributed by atoms with Gasteiger partial charge in [0.25, 0.3) is 0 Å². The molecule has 1 heterocycles. The predicted octanol–water partition coefficient (Wildman–Crippen LogP) is -0.620. The molecule has 0 aliphatic rings. The van der Waals surface area contributed by atoms with Gasteiger partial charge in [-0.2, -0.15) is 0 Å². The van der Waals surface area contributed by atoms with Crippen LogP contribution in [0.4, 0.5) is 5.13 Å². The van der Waals surface area contributed by atoms with Gasteiger partial charge in [0.1, 0.15) is 6.10 Å². The Bertz CT molecular complexity index is 556. The second-order valence-electron chi connectivity index (χ2n) is 5.10. The zero-order chi connectivity index (χ0) is 16.1. The SMILES string of the molecule is CC(C)(CO)C(O)C(=O)NCCS(=O)(=O)Nc1nccs1. The molecular weight excluding hydrogens is 318 g/mol. The molecule has 0 saturated carbocycles. The van der Waals surface area contributed by atoms with E-state index in [1.54, 1.807) is 5.38 Å². The van der Waals surface area contributed by atoms with Crippen LogP contribution < -0.4 is 10.0 Å². The number of hydrogen-bond acceptors (Lipinski definition) is 7. The quantitative estimate of drug-likeness (QED) is 0.500. The Kier molecular flexibility index (Phi) is 6.08. The average Bonchev–Trinajstić information content (AvgIpc) is 2.89. The number of hydrogen-bond donors (Lipinski definition) is 4. The highest BCUT2D eigenvalue weighted by Gasteiger charge is 2.32. The molecule has 0 aromatic carbocycles. The van der Waals surface area contributed by atoms with E-state index in [9.17, 15) is 18.3 Å². The van der Waals surface area contributed by atoms with Crippen LogP contribution in [0.2, 0.25) is 0 Å². The molecule has 1 unspecified atom stereocenters. The average molecular weight is 337 g/mol. The molecule has 1 aromatic rings. The normalized spacial score (nSPS) is 13.7. The highest BCUT2D eigenvalue weighted by Crippen LogP contribution is 2.19. The molecule has 0 bridgehead atoms. The van der Waals surface area contributed by atoms with Gasteiger partial charge in [-0.05, 0) is 0 Å². The first kappa shape index (κ1) is 17.8. The molecule has 0 spiro atoms. The van der Waals surface area contributed by atoms with E-state index in [-0.39, 0.29) is 24.0 Å². The molecule has 0 fully saturated rings. The van der Waals surface area contributed by atoms with Crippen LogP contribution in [0, 0.1) is 5.41 Å². The van der Waals surface area contributed by atoms with Crippen molar-refractivity contribution in [2.75, 3.05) is 23.6 Å². The largest absolute Gasteiger partial charge is 0.396 e. The van der Waals surface area contributed by atoms with Crippen LogP contribution in [0.15, 0.2) is 11.6 Å². The van der Waals surface area contributed by atoms with E-state index < -0.39 is 27.4 Å². The molecule has 0 aliphatic carbocycles. The Balaban J connectivity index is 2.44. The van der Waals surface area contributed by atoms with Crippen LogP contribution in [0.3, 0.4) is 0 Å². The topological polar surface area (TPSA) is 129 Å². The number of carbonyl (C=O) groups excluding carboxylic acids is 1. The molecule has 8 nitrogen and oxygen atoms in total. The highest BCUT2D eigenvalue weighted by atomic mass is 32.2. The van der Waals surface area contributed by atoms with Crippen LogP contribution in [0.25, 0.3) is 0 Å². The Labute approximate surface area is 127 Å². The summed E-state index contributed by atoms with van der Waals surface area (Å²) in [7, 11) is -3.61. The number of sulfonamides is 1. The van der Waals surface area contributed by atoms with Gasteiger partial charge in [0, 0.05) is 23.5 Å². The van der Waals surface area contributed by atoms with E-state index in [1.165, 1.54) is 20.0 Å². The fraction of sp³-hybridized carbons (Fsp3) is 0.636. The van der Waals surface area contributed by atoms with Crippen LogP contribution in [0.5, 0.6) is 0 Å². The molecule has 1 atom stereocenters. The minimum Gasteiger partial charge on any atom is -0.396 e. The van der Waals surface area contributed by atoms with E-state index in [1.807, 2.05) is 0 Å². The molecule has 0 radical (unpaired) electrons. The summed E-state index contributed by atoms with van der Waals surface area (Å²) in [4.78, 5) is 15.4. The molecule has 21 heavy (non-hydrogen) atoms. The van der Waals surface area contributed by atoms with E-state index in [2.05, 4.69) is 15.0 Å². The van der Waals surface area contributed by atoms with Crippen molar-refractivity contribution >= 4 is 32.4 Å². The number of anilines is 1. The number of aliphatic hydroxyl groups is 2. The third-order valence-corrected chi connectivity index (χ3v) is 4.80. The smallest absolute Gasteiger partial charge is 0.249 e. The Morgan fingerprint density at radius 2 is 2.19 bits per heavy atom. The molecule has 10 heteroatoms. The monoisotopic (exact) mass is 337 g/mol. The zero-order valence-corrected chi connectivity index (χ0v) is 13.4. The van der Waals surface area contributed by atoms with Gasteiger partial charge < -0.3 is 15.5 Å². The number of aromatic nitrogens is 1. The lowest BCUT2D eigenvalue weighted by Crippen LogP contribution is -2.46. The summed E-state index contributed by atoms with van der Waals surface area (Å²) in [6.07, 6.45) is 0.0505. The number of nitrogens with one attached hydrogen (secondary N) is 2. The van der Waals surface area contributed by atoms with Crippen molar-refractivity contribution in [3.63, 3.8) is 0 Å². The van der Waals surface area contributed by atoms with Crippen molar-refractivity contribution in [3.05, 3.63) is 11.6 Å². The standard InChI is InChI=1S/C11H19N3O5S2/c1-11(2,7-15)8(16)9(17)12-4-6-21(18,19)14-10-13-3-5-20-10/h3,5,8,15-16H,4,6-7H2,1-2H3,(H,12,17)(H,13,14). The second kappa shape index (κ2) is 7.16. The van der Waals surface area contributed by atoms with Gasteiger partial charge in [-0.3, -0.25) is 9.52 Å². The van der Waals surface area contributed by atoms with Gasteiger partial charge in [-0.1, -0.05) is 13.8 Å². The van der Waals surface area contributed by atoms with Crippen LogP contribution in [0.1, 0.15) is 13.8 Å². The number of aliphatic hydroxyl groups excluding tert-OH is 2. The fourth-order valence-corrected chi connectivity index (χ4v) is 3.04. The van der Waals surface area contributed by atoms with E-state index in [0.29, 0.717) is 0 Å². The predicted molar refractivity (Wildman–Crippen MR) is 79.4 cm³/mol. The van der Waals surface area contributed by atoms with Crippen molar-refractivity contribution in [2.45, 2.75) is 20.0 Å². The number of nitrogens with zero attached hydrogens (tertiary/aromatic N) is 1. The molecule has 1 aromatic heterocycles. The lowest BCUT2D eigenvalue weighted by atomic mass is 9.87. The minimum absolute atomic E-state index is 0.155. The molecule has 1 amide bonds. The van der Waals surface area contributed by atoms with Gasteiger partial charge in [0.15, 0.2) is 5.13 Å². The van der Waals surface area contributed by atoms with Crippen LogP contribution in [-0.2, 0) is 14.8 Å². The minimum atomic E-state index is -3.61. The molecular formula is C11H19N3O5S2. The summed E-state index contributed by atoms with van der Waals surface area (Å²) in [5.41, 5.74) is -0.998. The lowest BCUT2D eigenvalue weighted by Gasteiger charge is -2.27. The van der Waals surface area contributed by atoms with Crippen LogP contribution >= 0.6 is 11.3 Å². The third-order valence-electron chi connectivity index (χ3n) is 2.74. The van der Waals surface area contributed by atoms with E-state index >= 15 is 0 Å². The van der Waals surface area contributed by atoms with Gasteiger partial charge in [-0.25, -0.2) is 13.4 Å². The number of carbonyl (C=O) groups is 1. The Morgan fingerprint density at radius 3 is 2.71 bits per heavy atom. The molecule has 4 N–H and O–H groups in total. The summed E-state index contributed by atoms with van der Waals surface area (Å²) in [5.74, 6) is -1.07. The van der Waals surface area contributed by atoms with Gasteiger partial charge in [0.2, 0.25) is 15.9 Å². The summed E-state index contributed by atoms with van der Waals surface area (Å²) in [6.45, 7) is 2.53. The maximum atomic E-state index is 11.7. The first-order valence-electron chi connectivity index (χ1n) is 6.14. The maximum absolute atomic E-state index is 11.7. The van der Waals surface area contributed by atoms with Gasteiger partial charge in [-0.15, -0.1) is 11.3 Å². The van der Waals surface area contributed by atoms with Crippen LogP contribution in [-0.4, -0.2) is 54.5 Å². The Hall–Kier alpha value is -1.23. The van der Waals surface area contributed by atoms with Crippen molar-refractivity contribution in [1.82, 2.24) is 10.3 Å². The summed E-state index contributed by atoms with van der Waals surface area (Å²) in [5, 5.41) is 23.0. The van der Waals surface area contributed by atoms with Crippen molar-refractivity contribution < 1.29 is 23.4 Å².